The number of benzene rings is 1. The minimum absolute atomic E-state index is 0.253. The van der Waals surface area contributed by atoms with Crippen LogP contribution in [0.1, 0.15) is 17.5 Å². The Morgan fingerprint density at radius 1 is 1.05 bits per heavy atom. The van der Waals surface area contributed by atoms with E-state index in [1.54, 1.807) is 0 Å². The van der Waals surface area contributed by atoms with Gasteiger partial charge in [-0.3, -0.25) is 4.79 Å². The lowest BCUT2D eigenvalue weighted by Gasteiger charge is -2.29. The molecule has 0 fully saturated rings. The van der Waals surface area contributed by atoms with Crippen LogP contribution in [0.15, 0.2) is 48.8 Å². The second-order valence-corrected chi connectivity index (χ2v) is 5.00. The lowest BCUT2D eigenvalue weighted by molar-refractivity contribution is -0.132. The Labute approximate surface area is 113 Å². The molecule has 1 aliphatic rings. The van der Waals surface area contributed by atoms with Crippen LogP contribution in [0.4, 0.5) is 0 Å². The summed E-state index contributed by atoms with van der Waals surface area (Å²) in [7, 11) is 0. The van der Waals surface area contributed by atoms with Gasteiger partial charge < -0.3 is 9.47 Å². The molecule has 0 bridgehead atoms. The maximum atomic E-state index is 12.2. The van der Waals surface area contributed by atoms with E-state index in [4.69, 9.17) is 0 Å². The molecule has 1 aliphatic heterocycles. The van der Waals surface area contributed by atoms with Crippen LogP contribution in [-0.4, -0.2) is 21.9 Å². The van der Waals surface area contributed by atoms with E-state index < -0.39 is 0 Å². The molecule has 0 saturated carbocycles. The maximum absolute atomic E-state index is 12.2. The molecular weight excluding hydrogens is 236 g/mol. The first kappa shape index (κ1) is 12.0. The summed E-state index contributed by atoms with van der Waals surface area (Å²) in [5.74, 6) is 0.253. The van der Waals surface area contributed by atoms with Crippen molar-refractivity contribution in [3.8, 4) is 0 Å². The summed E-state index contributed by atoms with van der Waals surface area (Å²) in [4.78, 5) is 14.2. The molecule has 0 unspecified atom stereocenters. The summed E-state index contributed by atoms with van der Waals surface area (Å²) in [6.45, 7) is 2.38. The SMILES string of the molecule is O=C(CCn1cccc1)N1CCc2ccccc2C1. The van der Waals surface area contributed by atoms with Gasteiger partial charge in [-0.1, -0.05) is 24.3 Å². The number of amides is 1. The molecule has 2 aromatic rings. The van der Waals surface area contributed by atoms with Crippen molar-refractivity contribution in [2.24, 2.45) is 0 Å². The van der Waals surface area contributed by atoms with Crippen LogP contribution in [0.25, 0.3) is 0 Å². The van der Waals surface area contributed by atoms with E-state index in [0.717, 1.165) is 26.1 Å². The largest absolute Gasteiger partial charge is 0.354 e. The van der Waals surface area contributed by atoms with Crippen molar-refractivity contribution in [2.75, 3.05) is 6.54 Å². The molecule has 3 rings (SSSR count). The number of aromatic nitrogens is 1. The number of nitrogens with zero attached hydrogens (tertiary/aromatic N) is 2. The van der Waals surface area contributed by atoms with Gasteiger partial charge in [0, 0.05) is 38.4 Å². The van der Waals surface area contributed by atoms with Crippen LogP contribution < -0.4 is 0 Å². The summed E-state index contributed by atoms with van der Waals surface area (Å²) >= 11 is 0. The highest BCUT2D eigenvalue weighted by molar-refractivity contribution is 5.76. The molecule has 19 heavy (non-hydrogen) atoms. The molecular formula is C16H18N2O. The Balaban J connectivity index is 1.60. The van der Waals surface area contributed by atoms with Gasteiger partial charge in [-0.25, -0.2) is 0 Å². The van der Waals surface area contributed by atoms with E-state index >= 15 is 0 Å². The van der Waals surface area contributed by atoms with Gasteiger partial charge in [0.05, 0.1) is 0 Å². The zero-order chi connectivity index (χ0) is 13.1. The molecule has 0 aliphatic carbocycles. The smallest absolute Gasteiger partial charge is 0.224 e. The zero-order valence-corrected chi connectivity index (χ0v) is 11.0. The van der Waals surface area contributed by atoms with Crippen LogP contribution in [0, 0.1) is 0 Å². The van der Waals surface area contributed by atoms with Crippen molar-refractivity contribution in [3.63, 3.8) is 0 Å². The van der Waals surface area contributed by atoms with Gasteiger partial charge in [-0.2, -0.15) is 0 Å². The zero-order valence-electron chi connectivity index (χ0n) is 11.0. The van der Waals surface area contributed by atoms with Gasteiger partial charge in [-0.05, 0) is 29.7 Å². The first-order chi connectivity index (χ1) is 9.33. The Hall–Kier alpha value is -2.03. The predicted octanol–water partition coefficient (Wildman–Crippen LogP) is 2.46. The van der Waals surface area contributed by atoms with E-state index in [-0.39, 0.29) is 5.91 Å². The number of fused-ring (bicyclic) bond motifs is 1. The lowest BCUT2D eigenvalue weighted by Crippen LogP contribution is -2.36. The fraction of sp³-hybridized carbons (Fsp3) is 0.312. The monoisotopic (exact) mass is 254 g/mol. The molecule has 2 heterocycles. The molecule has 0 N–H and O–H groups in total. The van der Waals surface area contributed by atoms with Crippen LogP contribution in [0.2, 0.25) is 0 Å². The molecule has 1 aromatic heterocycles. The number of hydrogen-bond donors (Lipinski definition) is 0. The van der Waals surface area contributed by atoms with Crippen molar-refractivity contribution in [3.05, 3.63) is 59.9 Å². The van der Waals surface area contributed by atoms with E-state index in [1.807, 2.05) is 35.5 Å². The highest BCUT2D eigenvalue weighted by Crippen LogP contribution is 2.19. The Morgan fingerprint density at radius 2 is 1.79 bits per heavy atom. The highest BCUT2D eigenvalue weighted by atomic mass is 16.2. The van der Waals surface area contributed by atoms with Gasteiger partial charge in [0.1, 0.15) is 0 Å². The molecule has 0 atom stereocenters. The van der Waals surface area contributed by atoms with Gasteiger partial charge in [0.15, 0.2) is 0 Å². The van der Waals surface area contributed by atoms with E-state index in [9.17, 15) is 4.79 Å². The molecule has 0 saturated heterocycles. The standard InChI is InChI=1S/C16H18N2O/c19-16(8-11-17-9-3-4-10-17)18-12-7-14-5-1-2-6-15(14)13-18/h1-6,9-10H,7-8,11-13H2. The highest BCUT2D eigenvalue weighted by Gasteiger charge is 2.19. The molecule has 3 heteroatoms. The van der Waals surface area contributed by atoms with Crippen molar-refractivity contribution in [2.45, 2.75) is 25.9 Å². The number of aryl methyl sites for hydroxylation is 1. The summed E-state index contributed by atoms with van der Waals surface area (Å²) in [5, 5.41) is 0. The van der Waals surface area contributed by atoms with E-state index in [2.05, 4.69) is 22.8 Å². The number of carbonyl (C=O) groups is 1. The summed E-state index contributed by atoms with van der Waals surface area (Å²) < 4.78 is 2.05. The third kappa shape index (κ3) is 2.70. The van der Waals surface area contributed by atoms with Crippen LogP contribution in [-0.2, 0) is 24.3 Å². The molecule has 0 radical (unpaired) electrons. The van der Waals surface area contributed by atoms with E-state index in [0.29, 0.717) is 6.42 Å². The van der Waals surface area contributed by atoms with Crippen molar-refractivity contribution >= 4 is 5.91 Å². The molecule has 3 nitrogen and oxygen atoms in total. The van der Waals surface area contributed by atoms with Crippen molar-refractivity contribution in [1.29, 1.82) is 0 Å². The molecule has 0 spiro atoms. The summed E-state index contributed by atoms with van der Waals surface area (Å²) in [5.41, 5.74) is 2.68. The Morgan fingerprint density at radius 3 is 2.58 bits per heavy atom. The fourth-order valence-corrected chi connectivity index (χ4v) is 2.61. The molecule has 1 aromatic carbocycles. The first-order valence-electron chi connectivity index (χ1n) is 6.78. The topological polar surface area (TPSA) is 25.2 Å². The summed E-state index contributed by atoms with van der Waals surface area (Å²) in [6.07, 6.45) is 5.56. The second-order valence-electron chi connectivity index (χ2n) is 5.00. The Bertz CT molecular complexity index is 560. The third-order valence-corrected chi connectivity index (χ3v) is 3.73. The normalized spacial score (nSPS) is 14.2. The molecule has 1 amide bonds. The first-order valence-corrected chi connectivity index (χ1v) is 6.78. The number of hydrogen-bond acceptors (Lipinski definition) is 1. The van der Waals surface area contributed by atoms with Crippen LogP contribution >= 0.6 is 0 Å². The predicted molar refractivity (Wildman–Crippen MR) is 74.6 cm³/mol. The minimum Gasteiger partial charge on any atom is -0.354 e. The van der Waals surface area contributed by atoms with Crippen molar-refractivity contribution in [1.82, 2.24) is 9.47 Å². The third-order valence-electron chi connectivity index (χ3n) is 3.73. The van der Waals surface area contributed by atoms with Crippen LogP contribution in [0.5, 0.6) is 0 Å². The quantitative estimate of drug-likeness (QED) is 0.826. The fourth-order valence-electron chi connectivity index (χ4n) is 2.61. The summed E-state index contributed by atoms with van der Waals surface area (Å²) in [6, 6.07) is 12.4. The van der Waals surface area contributed by atoms with Crippen molar-refractivity contribution < 1.29 is 4.79 Å². The maximum Gasteiger partial charge on any atom is 0.224 e. The van der Waals surface area contributed by atoms with Gasteiger partial charge in [-0.15, -0.1) is 0 Å². The van der Waals surface area contributed by atoms with E-state index in [1.165, 1.54) is 11.1 Å². The van der Waals surface area contributed by atoms with Gasteiger partial charge >= 0.3 is 0 Å². The number of rotatable bonds is 3. The van der Waals surface area contributed by atoms with Gasteiger partial charge in [0.2, 0.25) is 5.91 Å². The van der Waals surface area contributed by atoms with Crippen LogP contribution in [0.3, 0.4) is 0 Å². The lowest BCUT2D eigenvalue weighted by atomic mass is 10.00. The average Bonchev–Trinajstić information content (AvgIpc) is 2.97. The van der Waals surface area contributed by atoms with Gasteiger partial charge in [0.25, 0.3) is 0 Å². The Kier molecular flexibility index (Phi) is 3.36. The average molecular weight is 254 g/mol. The minimum atomic E-state index is 0.253. The molecule has 98 valence electrons. The number of carbonyl (C=O) groups excluding carboxylic acids is 1. The second kappa shape index (κ2) is 5.31.